The second-order valence-electron chi connectivity index (χ2n) is 6.69. The quantitative estimate of drug-likeness (QED) is 0.593. The number of rotatable bonds is 6. The van der Waals surface area contributed by atoms with Gasteiger partial charge in [0.05, 0.1) is 28.9 Å². The number of amidine groups is 1. The van der Waals surface area contributed by atoms with Crippen LogP contribution < -0.4 is 10.6 Å². The summed E-state index contributed by atoms with van der Waals surface area (Å²) in [7, 11) is -2.63. The third kappa shape index (κ3) is 5.18. The summed E-state index contributed by atoms with van der Waals surface area (Å²) in [4.78, 5) is 29.8. The van der Waals surface area contributed by atoms with Gasteiger partial charge in [-0.1, -0.05) is 23.7 Å². The lowest BCUT2D eigenvalue weighted by Crippen LogP contribution is -2.42. The molecule has 1 aromatic carbocycles. The molecule has 0 bridgehead atoms. The Morgan fingerprint density at radius 2 is 1.97 bits per heavy atom. The maximum absolute atomic E-state index is 12.7. The Bertz CT molecular complexity index is 1220. The Balaban J connectivity index is 1.88. The molecule has 1 aromatic heterocycles. The Labute approximate surface area is 194 Å². The molecule has 0 fully saturated rings. The first-order chi connectivity index (χ1) is 15.1. The van der Waals surface area contributed by atoms with Gasteiger partial charge in [0.15, 0.2) is 0 Å². The lowest BCUT2D eigenvalue weighted by atomic mass is 10.2. The smallest absolute Gasteiger partial charge is 0.343 e. The average molecular weight is 497 g/mol. The van der Waals surface area contributed by atoms with Gasteiger partial charge in [-0.25, -0.2) is 18.2 Å². The normalized spacial score (nSPS) is 13.7. The highest BCUT2D eigenvalue weighted by Crippen LogP contribution is 2.30. The maximum atomic E-state index is 12.7. The van der Waals surface area contributed by atoms with Crippen LogP contribution in [0.15, 0.2) is 56.9 Å². The first kappa shape index (κ1) is 23.9. The van der Waals surface area contributed by atoms with E-state index >= 15 is 0 Å². The van der Waals surface area contributed by atoms with Crippen molar-refractivity contribution in [2.24, 2.45) is 4.99 Å². The Morgan fingerprint density at radius 1 is 1.25 bits per heavy atom. The highest BCUT2D eigenvalue weighted by Gasteiger charge is 2.28. The molecule has 2 aromatic rings. The van der Waals surface area contributed by atoms with Crippen LogP contribution >= 0.6 is 22.9 Å². The summed E-state index contributed by atoms with van der Waals surface area (Å²) in [6, 6.07) is 9.91. The van der Waals surface area contributed by atoms with E-state index in [1.54, 1.807) is 38.1 Å². The lowest BCUT2D eigenvalue weighted by molar-refractivity contribution is -0.137. The van der Waals surface area contributed by atoms with E-state index in [1.165, 1.54) is 19.2 Å². The van der Waals surface area contributed by atoms with Gasteiger partial charge in [0.1, 0.15) is 15.6 Å². The molecule has 170 valence electrons. The van der Waals surface area contributed by atoms with Crippen molar-refractivity contribution in [3.8, 4) is 0 Å². The summed E-state index contributed by atoms with van der Waals surface area (Å²) < 4.78 is 31.7. The average Bonchev–Trinajstić information content (AvgIpc) is 3.11. The number of nitrogens with one attached hydrogen (secondary N) is 2. The first-order valence-electron chi connectivity index (χ1n) is 9.48. The third-order valence-corrected chi connectivity index (χ3v) is 7.89. The number of thiophene rings is 1. The van der Waals surface area contributed by atoms with Crippen molar-refractivity contribution in [1.29, 1.82) is 0 Å². The van der Waals surface area contributed by atoms with Crippen LogP contribution in [0.3, 0.4) is 0 Å². The van der Waals surface area contributed by atoms with E-state index in [-0.39, 0.29) is 22.2 Å². The number of hydrogen-bond acceptors (Lipinski definition) is 8. The number of sulfonamides is 1. The number of para-hydroxylation sites is 2. The topological polar surface area (TPSA) is 117 Å². The number of aliphatic imine (C=N–C) groups is 1. The Morgan fingerprint density at radius 3 is 2.62 bits per heavy atom. The molecule has 0 saturated heterocycles. The van der Waals surface area contributed by atoms with Gasteiger partial charge in [0.2, 0.25) is 5.91 Å². The largest absolute Gasteiger partial charge is 0.462 e. The van der Waals surface area contributed by atoms with Crippen molar-refractivity contribution in [2.45, 2.75) is 18.1 Å². The fourth-order valence-electron chi connectivity index (χ4n) is 2.89. The van der Waals surface area contributed by atoms with Gasteiger partial charge in [0.25, 0.3) is 10.0 Å². The van der Waals surface area contributed by atoms with Crippen LogP contribution in [0.5, 0.6) is 0 Å². The van der Waals surface area contributed by atoms with Crippen LogP contribution in [0.1, 0.15) is 13.8 Å². The van der Waals surface area contributed by atoms with Crippen LogP contribution in [0.25, 0.3) is 0 Å². The number of nitrogens with zero attached hydrogens (tertiary/aromatic N) is 2. The predicted octanol–water partition coefficient (Wildman–Crippen LogP) is 3.13. The number of fused-ring (bicyclic) bond motifs is 1. The second-order valence-corrected chi connectivity index (χ2v) is 10.7. The molecular weight excluding hydrogens is 476 g/mol. The number of allylic oxidation sites excluding steroid dienone is 1. The molecule has 1 aliphatic rings. The summed E-state index contributed by atoms with van der Waals surface area (Å²) in [5.74, 6) is -1.38. The number of anilines is 1. The molecule has 0 saturated carbocycles. The molecule has 2 N–H and O–H groups in total. The molecule has 3 rings (SSSR count). The molecule has 0 atom stereocenters. The zero-order chi connectivity index (χ0) is 23.5. The van der Waals surface area contributed by atoms with Crippen LogP contribution in [-0.2, 0) is 24.3 Å². The molecule has 12 heteroatoms. The van der Waals surface area contributed by atoms with E-state index in [1.807, 2.05) is 0 Å². The van der Waals surface area contributed by atoms with Crippen molar-refractivity contribution in [2.75, 3.05) is 25.5 Å². The maximum Gasteiger partial charge on any atom is 0.343 e. The minimum absolute atomic E-state index is 0.0192. The minimum Gasteiger partial charge on any atom is -0.462 e. The summed E-state index contributed by atoms with van der Waals surface area (Å²) in [5.41, 5.74) is 1.62. The van der Waals surface area contributed by atoms with Gasteiger partial charge in [-0.2, -0.15) is 4.31 Å². The SMILES string of the molecule is CCOC(=O)C1=C(C)Nc2ccccc2N=C1NC(=O)CN(C)S(=O)(=O)c1ccc(Cl)s1. The van der Waals surface area contributed by atoms with Gasteiger partial charge in [-0.15, -0.1) is 11.3 Å². The van der Waals surface area contributed by atoms with Gasteiger partial charge in [-0.3, -0.25) is 4.79 Å². The van der Waals surface area contributed by atoms with E-state index in [0.717, 1.165) is 15.6 Å². The molecule has 32 heavy (non-hydrogen) atoms. The van der Waals surface area contributed by atoms with Crippen LogP contribution in [-0.4, -0.2) is 50.6 Å². The van der Waals surface area contributed by atoms with Crippen molar-refractivity contribution in [3.05, 3.63) is 52.0 Å². The number of amides is 1. The third-order valence-electron chi connectivity index (χ3n) is 4.39. The number of hydrogen-bond donors (Lipinski definition) is 2. The van der Waals surface area contributed by atoms with Crippen molar-refractivity contribution in [3.63, 3.8) is 0 Å². The molecule has 0 spiro atoms. The van der Waals surface area contributed by atoms with E-state index in [2.05, 4.69) is 15.6 Å². The van der Waals surface area contributed by atoms with Gasteiger partial charge in [0, 0.05) is 12.7 Å². The number of ether oxygens (including phenoxy) is 1. The van der Waals surface area contributed by atoms with Crippen molar-refractivity contribution < 1.29 is 22.7 Å². The van der Waals surface area contributed by atoms with E-state index in [4.69, 9.17) is 16.3 Å². The van der Waals surface area contributed by atoms with Crippen molar-refractivity contribution in [1.82, 2.24) is 9.62 Å². The van der Waals surface area contributed by atoms with Gasteiger partial charge < -0.3 is 15.4 Å². The molecule has 9 nitrogen and oxygen atoms in total. The number of esters is 1. The van der Waals surface area contributed by atoms with Gasteiger partial charge >= 0.3 is 5.97 Å². The van der Waals surface area contributed by atoms with E-state index in [9.17, 15) is 18.0 Å². The van der Waals surface area contributed by atoms with Crippen LogP contribution in [0.4, 0.5) is 11.4 Å². The highest BCUT2D eigenvalue weighted by atomic mass is 35.5. The number of benzene rings is 1. The molecule has 2 heterocycles. The number of halogens is 1. The standard InChI is InChI=1S/C20H21ClN4O5S2/c1-4-30-20(27)18-12(2)22-13-7-5-6-8-14(13)23-19(18)24-16(26)11-25(3)32(28,29)17-10-9-15(21)31-17/h5-10,22H,4,11H2,1-3H3,(H,23,24,26). The van der Waals surface area contributed by atoms with E-state index < -0.39 is 28.4 Å². The molecule has 1 amide bonds. The Kier molecular flexibility index (Phi) is 7.34. The predicted molar refractivity (Wildman–Crippen MR) is 124 cm³/mol. The van der Waals surface area contributed by atoms with E-state index in [0.29, 0.717) is 21.4 Å². The minimum atomic E-state index is -3.91. The fraction of sp³-hybridized carbons (Fsp3) is 0.250. The summed E-state index contributed by atoms with van der Waals surface area (Å²) in [6.07, 6.45) is 0. The molecule has 1 aliphatic heterocycles. The summed E-state index contributed by atoms with van der Waals surface area (Å²) in [5, 5.41) is 5.66. The number of likely N-dealkylation sites (N-methyl/N-ethyl adjacent to an activating group) is 1. The van der Waals surface area contributed by atoms with Crippen LogP contribution in [0, 0.1) is 0 Å². The number of carbonyl (C=O) groups is 2. The molecule has 0 radical (unpaired) electrons. The molecular formula is C20H21ClN4O5S2. The lowest BCUT2D eigenvalue weighted by Gasteiger charge is -2.17. The zero-order valence-corrected chi connectivity index (χ0v) is 19.9. The molecule has 0 aliphatic carbocycles. The van der Waals surface area contributed by atoms with Gasteiger partial charge in [-0.05, 0) is 38.1 Å². The number of carbonyl (C=O) groups excluding carboxylic acids is 2. The first-order valence-corrected chi connectivity index (χ1v) is 12.1. The second kappa shape index (κ2) is 9.82. The fourth-order valence-corrected chi connectivity index (χ4v) is 5.71. The summed E-state index contributed by atoms with van der Waals surface area (Å²) >= 11 is 6.73. The monoisotopic (exact) mass is 496 g/mol. The highest BCUT2D eigenvalue weighted by molar-refractivity contribution is 7.91. The Hall–Kier alpha value is -2.73. The van der Waals surface area contributed by atoms with Crippen LogP contribution in [0.2, 0.25) is 4.34 Å². The summed E-state index contributed by atoms with van der Waals surface area (Å²) in [6.45, 7) is 2.96. The zero-order valence-electron chi connectivity index (χ0n) is 17.5. The molecule has 0 unspecified atom stereocenters. The van der Waals surface area contributed by atoms with Crippen molar-refractivity contribution >= 4 is 62.0 Å².